The molecule has 0 radical (unpaired) electrons. The fourth-order valence-corrected chi connectivity index (χ4v) is 2.95. The third-order valence-corrected chi connectivity index (χ3v) is 5.41. The van der Waals surface area contributed by atoms with E-state index in [1.165, 1.54) is 6.92 Å². The van der Waals surface area contributed by atoms with Crippen molar-refractivity contribution in [1.82, 2.24) is 5.32 Å². The van der Waals surface area contributed by atoms with Crippen molar-refractivity contribution in [3.63, 3.8) is 0 Å². The fourth-order valence-electron chi connectivity index (χ4n) is 2.26. The Morgan fingerprint density at radius 2 is 2.10 bits per heavy atom. The van der Waals surface area contributed by atoms with Crippen LogP contribution in [0.1, 0.15) is 26.3 Å². The number of benzene rings is 1. The highest BCUT2D eigenvalue weighted by Crippen LogP contribution is 2.32. The van der Waals surface area contributed by atoms with Gasteiger partial charge in [0.1, 0.15) is 22.6 Å². The zero-order chi connectivity index (χ0) is 15.0. The standard InChI is InChI=1S/C14H22N2O3S/c1-10(15)20(17,18)9-16-13-8-11-6-4-5-7-12(11)19-14(13,2)3/h4-7,10,13,16H,8-9,15H2,1-3H3. The molecule has 0 bridgehead atoms. The van der Waals surface area contributed by atoms with E-state index < -0.39 is 20.8 Å². The third-order valence-electron chi connectivity index (χ3n) is 3.71. The van der Waals surface area contributed by atoms with E-state index in [9.17, 15) is 8.42 Å². The van der Waals surface area contributed by atoms with Crippen molar-refractivity contribution in [1.29, 1.82) is 0 Å². The summed E-state index contributed by atoms with van der Waals surface area (Å²) in [4.78, 5) is 0. The van der Waals surface area contributed by atoms with E-state index in [1.54, 1.807) is 0 Å². The summed E-state index contributed by atoms with van der Waals surface area (Å²) >= 11 is 0. The molecule has 2 rings (SSSR count). The largest absolute Gasteiger partial charge is 0.486 e. The third kappa shape index (κ3) is 3.13. The van der Waals surface area contributed by atoms with E-state index >= 15 is 0 Å². The Hall–Kier alpha value is -1.11. The maximum absolute atomic E-state index is 11.8. The van der Waals surface area contributed by atoms with Crippen LogP contribution in [-0.2, 0) is 16.3 Å². The van der Waals surface area contributed by atoms with Crippen molar-refractivity contribution in [3.8, 4) is 5.75 Å². The summed E-state index contributed by atoms with van der Waals surface area (Å²) in [5.41, 5.74) is 6.09. The lowest BCUT2D eigenvalue weighted by atomic mass is 9.89. The average Bonchev–Trinajstić information content (AvgIpc) is 2.35. The topological polar surface area (TPSA) is 81.4 Å². The molecule has 0 fully saturated rings. The molecule has 5 nitrogen and oxygen atoms in total. The predicted octanol–water partition coefficient (Wildman–Crippen LogP) is 1.04. The maximum Gasteiger partial charge on any atom is 0.178 e. The van der Waals surface area contributed by atoms with Crippen molar-refractivity contribution >= 4 is 9.84 Å². The first-order valence-electron chi connectivity index (χ1n) is 6.70. The summed E-state index contributed by atoms with van der Waals surface area (Å²) < 4.78 is 29.6. The van der Waals surface area contributed by atoms with Gasteiger partial charge in [-0.1, -0.05) is 18.2 Å². The number of hydrogen-bond donors (Lipinski definition) is 2. The summed E-state index contributed by atoms with van der Waals surface area (Å²) in [5.74, 6) is 0.732. The second kappa shape index (κ2) is 5.35. The molecule has 2 unspecified atom stereocenters. The van der Waals surface area contributed by atoms with Crippen LogP contribution in [0.2, 0.25) is 0 Å². The van der Waals surface area contributed by atoms with Gasteiger partial charge >= 0.3 is 0 Å². The number of rotatable bonds is 4. The number of nitrogens with one attached hydrogen (secondary N) is 1. The van der Waals surface area contributed by atoms with E-state index in [-0.39, 0.29) is 11.9 Å². The molecule has 3 N–H and O–H groups in total. The van der Waals surface area contributed by atoms with Crippen LogP contribution in [0.25, 0.3) is 0 Å². The molecule has 0 saturated heterocycles. The first kappa shape index (κ1) is 15.3. The number of ether oxygens (including phenoxy) is 1. The second-order valence-corrected chi connectivity index (χ2v) is 8.14. The monoisotopic (exact) mass is 298 g/mol. The van der Waals surface area contributed by atoms with E-state index in [0.717, 1.165) is 17.7 Å². The van der Waals surface area contributed by atoms with E-state index in [0.29, 0.717) is 0 Å². The second-order valence-electron chi connectivity index (χ2n) is 5.79. The van der Waals surface area contributed by atoms with Gasteiger partial charge in [0.15, 0.2) is 9.84 Å². The van der Waals surface area contributed by atoms with Crippen molar-refractivity contribution in [2.24, 2.45) is 5.73 Å². The Labute approximate surface area is 120 Å². The summed E-state index contributed by atoms with van der Waals surface area (Å²) in [5, 5.41) is 2.22. The quantitative estimate of drug-likeness (QED) is 0.868. The molecule has 1 aromatic rings. The lowest BCUT2D eigenvalue weighted by Gasteiger charge is -2.40. The van der Waals surface area contributed by atoms with Crippen LogP contribution in [0, 0.1) is 0 Å². The molecule has 1 aliphatic rings. The van der Waals surface area contributed by atoms with Gasteiger partial charge in [-0.25, -0.2) is 8.42 Å². The molecule has 0 aromatic heterocycles. The molecule has 6 heteroatoms. The molecular formula is C14H22N2O3S. The van der Waals surface area contributed by atoms with Crippen LogP contribution >= 0.6 is 0 Å². The van der Waals surface area contributed by atoms with E-state index in [2.05, 4.69) is 5.32 Å². The smallest absolute Gasteiger partial charge is 0.178 e. The van der Waals surface area contributed by atoms with Crippen molar-refractivity contribution in [3.05, 3.63) is 29.8 Å². The molecule has 0 aliphatic carbocycles. The molecule has 2 atom stereocenters. The van der Waals surface area contributed by atoms with Gasteiger partial charge < -0.3 is 10.5 Å². The Morgan fingerprint density at radius 3 is 2.75 bits per heavy atom. The number of fused-ring (bicyclic) bond motifs is 1. The average molecular weight is 298 g/mol. The van der Waals surface area contributed by atoms with Gasteiger partial charge in [0, 0.05) is 0 Å². The van der Waals surface area contributed by atoms with Crippen LogP contribution in [-0.4, -0.2) is 31.3 Å². The molecule has 1 aliphatic heterocycles. The maximum atomic E-state index is 11.8. The fraction of sp³-hybridized carbons (Fsp3) is 0.571. The highest BCUT2D eigenvalue weighted by Gasteiger charge is 2.37. The lowest BCUT2D eigenvalue weighted by molar-refractivity contribution is 0.0507. The molecule has 0 saturated carbocycles. The first-order valence-corrected chi connectivity index (χ1v) is 8.41. The van der Waals surface area contributed by atoms with Gasteiger partial charge in [0.25, 0.3) is 0 Å². The van der Waals surface area contributed by atoms with Crippen LogP contribution < -0.4 is 15.8 Å². The van der Waals surface area contributed by atoms with Crippen LogP contribution in [0.5, 0.6) is 5.75 Å². The molecule has 112 valence electrons. The molecule has 1 heterocycles. The minimum absolute atomic E-state index is 0.0778. The highest BCUT2D eigenvalue weighted by atomic mass is 32.2. The van der Waals surface area contributed by atoms with Crippen LogP contribution in [0.4, 0.5) is 0 Å². The molecule has 1 aromatic carbocycles. The lowest BCUT2D eigenvalue weighted by Crippen LogP contribution is -2.55. The molecular weight excluding hydrogens is 276 g/mol. The van der Waals surface area contributed by atoms with E-state index in [1.807, 2.05) is 38.1 Å². The van der Waals surface area contributed by atoms with Crippen LogP contribution in [0.3, 0.4) is 0 Å². The van der Waals surface area contributed by atoms with Gasteiger partial charge in [0.05, 0.1) is 6.04 Å². The Balaban J connectivity index is 2.13. The SMILES string of the molecule is CC(N)S(=O)(=O)CNC1Cc2ccccc2OC1(C)C. The molecule has 0 amide bonds. The van der Waals surface area contributed by atoms with E-state index in [4.69, 9.17) is 10.5 Å². The van der Waals surface area contributed by atoms with Gasteiger partial charge in [-0.05, 0) is 38.8 Å². The Morgan fingerprint density at radius 1 is 1.45 bits per heavy atom. The van der Waals surface area contributed by atoms with Gasteiger partial charge in [-0.3, -0.25) is 5.32 Å². The Kier molecular flexibility index (Phi) is 4.09. The summed E-state index contributed by atoms with van der Waals surface area (Å²) in [6, 6.07) is 7.75. The summed E-state index contributed by atoms with van der Waals surface area (Å²) in [6.07, 6.45) is 0.734. The van der Waals surface area contributed by atoms with Gasteiger partial charge in [0.2, 0.25) is 0 Å². The normalized spacial score (nSPS) is 22.7. The predicted molar refractivity (Wildman–Crippen MR) is 79.2 cm³/mol. The first-order chi connectivity index (χ1) is 9.22. The zero-order valence-corrected chi connectivity index (χ0v) is 12.9. The highest BCUT2D eigenvalue weighted by molar-refractivity contribution is 7.91. The minimum atomic E-state index is -3.31. The van der Waals surface area contributed by atoms with Gasteiger partial charge in [-0.2, -0.15) is 0 Å². The zero-order valence-electron chi connectivity index (χ0n) is 12.1. The summed E-state index contributed by atoms with van der Waals surface area (Å²) in [6.45, 7) is 5.40. The van der Waals surface area contributed by atoms with Crippen LogP contribution in [0.15, 0.2) is 24.3 Å². The van der Waals surface area contributed by atoms with Crippen molar-refractivity contribution in [2.75, 3.05) is 5.88 Å². The van der Waals surface area contributed by atoms with Crippen molar-refractivity contribution in [2.45, 2.75) is 44.2 Å². The molecule has 20 heavy (non-hydrogen) atoms. The number of nitrogens with two attached hydrogens (primary N) is 1. The number of hydrogen-bond acceptors (Lipinski definition) is 5. The Bertz CT molecular complexity index is 582. The molecule has 0 spiro atoms. The summed E-state index contributed by atoms with van der Waals surface area (Å²) in [7, 11) is -3.31. The van der Waals surface area contributed by atoms with Crippen molar-refractivity contribution < 1.29 is 13.2 Å². The number of para-hydroxylation sites is 1. The number of sulfone groups is 1. The minimum Gasteiger partial charge on any atom is -0.486 e. The van der Waals surface area contributed by atoms with Gasteiger partial charge in [-0.15, -0.1) is 0 Å².